The number of carbonyl (C=O) groups is 2. The molecule has 1 N–H and O–H groups in total. The molecule has 2 aromatic heterocycles. The van der Waals surface area contributed by atoms with Crippen molar-refractivity contribution >= 4 is 23.6 Å². The molecule has 0 atom stereocenters. The minimum Gasteiger partial charge on any atom is -0.468 e. The van der Waals surface area contributed by atoms with Crippen LogP contribution in [0.4, 0.5) is 0 Å². The molecule has 1 aromatic carbocycles. The highest BCUT2D eigenvalue weighted by molar-refractivity contribution is 7.99. The van der Waals surface area contributed by atoms with E-state index in [0.717, 1.165) is 16.8 Å². The lowest BCUT2D eigenvalue weighted by Crippen LogP contribution is -2.31. The van der Waals surface area contributed by atoms with Gasteiger partial charge >= 0.3 is 5.97 Å². The molecule has 8 nitrogen and oxygen atoms in total. The standard InChI is InChI=1S/C20H21N5O3S/c1-13-4-5-16(10-14(13)2)25-19(15-6-8-21-9-7-15)23-24-20(25)29-12-17(26)22-11-18(27)28-3/h4-10H,11-12H2,1-3H3,(H,22,26). The first-order chi connectivity index (χ1) is 14.0. The fourth-order valence-electron chi connectivity index (χ4n) is 2.57. The molecule has 0 spiro atoms. The number of aromatic nitrogens is 4. The lowest BCUT2D eigenvalue weighted by atomic mass is 10.1. The molecule has 0 radical (unpaired) electrons. The van der Waals surface area contributed by atoms with Crippen LogP contribution in [0.15, 0.2) is 47.9 Å². The van der Waals surface area contributed by atoms with Crippen LogP contribution < -0.4 is 5.32 Å². The highest BCUT2D eigenvalue weighted by atomic mass is 32.2. The van der Waals surface area contributed by atoms with Crippen molar-refractivity contribution < 1.29 is 14.3 Å². The molecule has 2 heterocycles. The summed E-state index contributed by atoms with van der Waals surface area (Å²) in [6, 6.07) is 9.82. The molecule has 9 heteroatoms. The molecule has 0 aliphatic rings. The van der Waals surface area contributed by atoms with Gasteiger partial charge in [0.25, 0.3) is 0 Å². The fourth-order valence-corrected chi connectivity index (χ4v) is 3.35. The zero-order valence-electron chi connectivity index (χ0n) is 16.4. The zero-order chi connectivity index (χ0) is 20.8. The third-order valence-corrected chi connectivity index (χ3v) is 5.24. The monoisotopic (exact) mass is 411 g/mol. The van der Waals surface area contributed by atoms with Gasteiger partial charge in [0.1, 0.15) is 6.54 Å². The third-order valence-electron chi connectivity index (χ3n) is 4.31. The Balaban J connectivity index is 1.89. The number of nitrogens with zero attached hydrogens (tertiary/aromatic N) is 4. The number of esters is 1. The normalized spacial score (nSPS) is 10.6. The maximum absolute atomic E-state index is 12.1. The predicted octanol–water partition coefficient (Wildman–Crippen LogP) is 2.33. The average molecular weight is 411 g/mol. The molecule has 0 aliphatic carbocycles. The van der Waals surface area contributed by atoms with Gasteiger partial charge in [-0.2, -0.15) is 0 Å². The van der Waals surface area contributed by atoms with Crippen molar-refractivity contribution in [2.24, 2.45) is 0 Å². The molecule has 0 unspecified atom stereocenters. The lowest BCUT2D eigenvalue weighted by Gasteiger charge is -2.12. The zero-order valence-corrected chi connectivity index (χ0v) is 17.2. The summed E-state index contributed by atoms with van der Waals surface area (Å²) in [5, 5.41) is 11.7. The number of rotatable bonds is 7. The van der Waals surface area contributed by atoms with E-state index < -0.39 is 5.97 Å². The molecule has 0 fully saturated rings. The van der Waals surface area contributed by atoms with Crippen LogP contribution in [-0.2, 0) is 14.3 Å². The van der Waals surface area contributed by atoms with E-state index in [4.69, 9.17) is 0 Å². The largest absolute Gasteiger partial charge is 0.468 e. The lowest BCUT2D eigenvalue weighted by molar-refractivity contribution is -0.140. The van der Waals surface area contributed by atoms with E-state index >= 15 is 0 Å². The Morgan fingerprint density at radius 3 is 2.55 bits per heavy atom. The van der Waals surface area contributed by atoms with Crippen LogP contribution in [0, 0.1) is 13.8 Å². The van der Waals surface area contributed by atoms with Crippen molar-refractivity contribution in [2.75, 3.05) is 19.4 Å². The number of thioether (sulfide) groups is 1. The first-order valence-electron chi connectivity index (χ1n) is 8.89. The first kappa shape index (κ1) is 20.5. The van der Waals surface area contributed by atoms with E-state index in [1.807, 2.05) is 35.8 Å². The number of pyridine rings is 1. The Labute approximate surface area is 172 Å². The Morgan fingerprint density at radius 1 is 1.10 bits per heavy atom. The van der Waals surface area contributed by atoms with Gasteiger partial charge in [0.15, 0.2) is 11.0 Å². The molecular formula is C20H21N5O3S. The van der Waals surface area contributed by atoms with Crippen molar-refractivity contribution in [2.45, 2.75) is 19.0 Å². The quantitative estimate of drug-likeness (QED) is 0.470. The van der Waals surface area contributed by atoms with Crippen molar-refractivity contribution in [1.29, 1.82) is 0 Å². The van der Waals surface area contributed by atoms with Crippen molar-refractivity contribution in [3.63, 3.8) is 0 Å². The van der Waals surface area contributed by atoms with Crippen molar-refractivity contribution in [3.8, 4) is 17.1 Å². The molecule has 0 aliphatic heterocycles. The molecule has 0 saturated carbocycles. The second-order valence-electron chi connectivity index (χ2n) is 6.29. The number of hydrogen-bond donors (Lipinski definition) is 1. The maximum Gasteiger partial charge on any atom is 0.325 e. The van der Waals surface area contributed by atoms with E-state index in [-0.39, 0.29) is 18.2 Å². The fraction of sp³-hybridized carbons (Fsp3) is 0.250. The van der Waals surface area contributed by atoms with Gasteiger partial charge in [0.2, 0.25) is 5.91 Å². The highest BCUT2D eigenvalue weighted by Crippen LogP contribution is 2.28. The second-order valence-corrected chi connectivity index (χ2v) is 7.23. The molecule has 1 amide bonds. The summed E-state index contributed by atoms with van der Waals surface area (Å²) in [6.45, 7) is 3.93. The molecule has 0 saturated heterocycles. The number of methoxy groups -OCH3 is 1. The van der Waals surface area contributed by atoms with Crippen molar-refractivity contribution in [3.05, 3.63) is 53.9 Å². The van der Waals surface area contributed by atoms with Crippen molar-refractivity contribution in [1.82, 2.24) is 25.1 Å². The van der Waals surface area contributed by atoms with Crippen LogP contribution in [0.3, 0.4) is 0 Å². The smallest absolute Gasteiger partial charge is 0.325 e. The van der Waals surface area contributed by atoms with Gasteiger partial charge in [-0.25, -0.2) is 0 Å². The van der Waals surface area contributed by atoms with Crippen LogP contribution in [0.2, 0.25) is 0 Å². The van der Waals surface area contributed by atoms with Crippen LogP contribution >= 0.6 is 11.8 Å². The summed E-state index contributed by atoms with van der Waals surface area (Å²) >= 11 is 1.24. The number of ether oxygens (including phenoxy) is 1. The van der Waals surface area contributed by atoms with E-state index in [9.17, 15) is 9.59 Å². The maximum atomic E-state index is 12.1. The van der Waals surface area contributed by atoms with Crippen LogP contribution in [0.25, 0.3) is 17.1 Å². The number of amides is 1. The summed E-state index contributed by atoms with van der Waals surface area (Å²) in [5.41, 5.74) is 4.10. The minimum atomic E-state index is -0.498. The summed E-state index contributed by atoms with van der Waals surface area (Å²) in [7, 11) is 1.27. The van der Waals surface area contributed by atoms with Gasteiger partial charge in [0.05, 0.1) is 18.6 Å². The predicted molar refractivity (Wildman–Crippen MR) is 110 cm³/mol. The Bertz CT molecular complexity index is 1020. The van der Waals surface area contributed by atoms with Gasteiger partial charge in [-0.3, -0.25) is 19.1 Å². The topological polar surface area (TPSA) is 99.0 Å². The summed E-state index contributed by atoms with van der Waals surface area (Å²) in [5.74, 6) is -0.0358. The second kappa shape index (κ2) is 9.33. The summed E-state index contributed by atoms with van der Waals surface area (Å²) in [4.78, 5) is 27.3. The molecule has 3 aromatic rings. The minimum absolute atomic E-state index is 0.0936. The number of benzene rings is 1. The summed E-state index contributed by atoms with van der Waals surface area (Å²) in [6.07, 6.45) is 3.39. The van der Waals surface area contributed by atoms with Crippen LogP contribution in [-0.4, -0.2) is 51.0 Å². The Morgan fingerprint density at radius 2 is 1.86 bits per heavy atom. The molecule has 150 valence electrons. The van der Waals surface area contributed by atoms with E-state index in [0.29, 0.717) is 11.0 Å². The van der Waals surface area contributed by atoms with E-state index in [2.05, 4.69) is 38.2 Å². The van der Waals surface area contributed by atoms with E-state index in [1.165, 1.54) is 24.4 Å². The van der Waals surface area contributed by atoms with Crippen LogP contribution in [0.1, 0.15) is 11.1 Å². The van der Waals surface area contributed by atoms with Gasteiger partial charge < -0.3 is 10.1 Å². The number of nitrogens with one attached hydrogen (secondary N) is 1. The molecular weight excluding hydrogens is 390 g/mol. The van der Waals surface area contributed by atoms with Gasteiger partial charge in [-0.1, -0.05) is 17.8 Å². The average Bonchev–Trinajstić information content (AvgIpc) is 3.17. The number of carbonyl (C=O) groups excluding carboxylic acids is 2. The summed E-state index contributed by atoms with van der Waals surface area (Å²) < 4.78 is 6.44. The SMILES string of the molecule is COC(=O)CNC(=O)CSc1nnc(-c2ccncc2)n1-c1ccc(C)c(C)c1. The van der Waals surface area contributed by atoms with Gasteiger partial charge in [0, 0.05) is 18.0 Å². The molecule has 3 rings (SSSR count). The van der Waals surface area contributed by atoms with E-state index in [1.54, 1.807) is 12.4 Å². The molecule has 29 heavy (non-hydrogen) atoms. The Kier molecular flexibility index (Phi) is 6.61. The van der Waals surface area contributed by atoms with Gasteiger partial charge in [-0.15, -0.1) is 10.2 Å². The Hall–Kier alpha value is -3.20. The number of aryl methyl sites for hydroxylation is 2. The molecule has 0 bridgehead atoms. The highest BCUT2D eigenvalue weighted by Gasteiger charge is 2.18. The van der Waals surface area contributed by atoms with Gasteiger partial charge in [-0.05, 0) is 49.2 Å². The third kappa shape index (κ3) is 5.00. The number of hydrogen-bond acceptors (Lipinski definition) is 7. The van der Waals surface area contributed by atoms with Crippen LogP contribution in [0.5, 0.6) is 0 Å². The first-order valence-corrected chi connectivity index (χ1v) is 9.88.